The van der Waals surface area contributed by atoms with Crippen molar-refractivity contribution in [2.45, 2.75) is 0 Å². The van der Waals surface area contributed by atoms with Crippen LogP contribution in [-0.2, 0) is 4.74 Å². The lowest BCUT2D eigenvalue weighted by Gasteiger charge is -2.14. The molecule has 0 radical (unpaired) electrons. The number of methoxy groups -OCH3 is 1. The lowest BCUT2D eigenvalue weighted by Crippen LogP contribution is -2.28. The van der Waals surface area contributed by atoms with E-state index in [1.54, 1.807) is 32.3 Å². The summed E-state index contributed by atoms with van der Waals surface area (Å²) in [7, 11) is 4.56. The molecule has 10 nitrogen and oxygen atoms in total. The molecule has 0 bridgehead atoms. The minimum absolute atomic E-state index is 0.0215. The van der Waals surface area contributed by atoms with Crippen LogP contribution in [0.2, 0.25) is 0 Å². The largest absolute Gasteiger partial charge is 0.467 e. The van der Waals surface area contributed by atoms with Crippen molar-refractivity contribution < 1.29 is 14.4 Å². The second-order valence-electron chi connectivity index (χ2n) is 5.00. The van der Waals surface area contributed by atoms with Gasteiger partial charge in [0.05, 0.1) is 10.8 Å². The van der Waals surface area contributed by atoms with E-state index in [1.165, 1.54) is 18.1 Å². The van der Waals surface area contributed by atoms with Crippen LogP contribution in [0.3, 0.4) is 0 Å². The zero-order chi connectivity index (χ0) is 17.9. The Morgan fingerprint density at radius 1 is 1.42 bits per heavy atom. The molecule has 0 fully saturated rings. The van der Waals surface area contributed by atoms with Crippen LogP contribution in [-0.4, -0.2) is 42.7 Å². The normalized spacial score (nSPS) is 10.5. The van der Waals surface area contributed by atoms with Crippen LogP contribution < -0.4 is 20.9 Å². The highest BCUT2D eigenvalue weighted by atomic mass is 16.7. The minimum Gasteiger partial charge on any atom is -0.467 e. The molecule has 0 aliphatic rings. The van der Waals surface area contributed by atoms with Gasteiger partial charge in [0.25, 0.3) is 0 Å². The number of benzene rings is 1. The molecule has 1 aromatic carbocycles. The Hall–Kier alpha value is -3.14. The maximum Gasteiger partial charge on any atom is 0.414 e. The van der Waals surface area contributed by atoms with Gasteiger partial charge < -0.3 is 30.2 Å². The van der Waals surface area contributed by atoms with Crippen molar-refractivity contribution in [3.05, 3.63) is 44.7 Å². The molecule has 128 valence electrons. The van der Waals surface area contributed by atoms with Crippen LogP contribution in [0.5, 0.6) is 5.75 Å². The smallest absolute Gasteiger partial charge is 0.414 e. The van der Waals surface area contributed by atoms with E-state index in [-0.39, 0.29) is 23.9 Å². The molecular formula is C14H17N5O5. The van der Waals surface area contributed by atoms with Gasteiger partial charge in [-0.3, -0.25) is 4.79 Å². The zero-order valence-corrected chi connectivity index (χ0v) is 13.4. The number of rotatable bonds is 6. The van der Waals surface area contributed by atoms with E-state index in [1.807, 2.05) is 0 Å². The molecule has 0 aliphatic carbocycles. The first-order valence-corrected chi connectivity index (χ1v) is 6.83. The standard InChI is InChI=1S/C14H17N5O5/c1-17(2)12-11(15)14(20)18(16-13(12)19(21)22)9-5-4-6-10(7-9)24-8-23-3/h4-7H,8,15H2,1-3H3. The fourth-order valence-corrected chi connectivity index (χ4v) is 2.09. The Kier molecular flexibility index (Phi) is 4.99. The van der Waals surface area contributed by atoms with Crippen molar-refractivity contribution in [1.82, 2.24) is 9.78 Å². The monoisotopic (exact) mass is 335 g/mol. The van der Waals surface area contributed by atoms with E-state index in [9.17, 15) is 14.9 Å². The average molecular weight is 335 g/mol. The first-order chi connectivity index (χ1) is 11.4. The van der Waals surface area contributed by atoms with E-state index in [2.05, 4.69) is 5.10 Å². The van der Waals surface area contributed by atoms with Crippen LogP contribution in [0.15, 0.2) is 29.1 Å². The Morgan fingerprint density at radius 3 is 2.71 bits per heavy atom. The number of aromatic nitrogens is 2. The quantitative estimate of drug-likeness (QED) is 0.466. The van der Waals surface area contributed by atoms with Gasteiger partial charge >= 0.3 is 11.4 Å². The molecule has 0 amide bonds. The highest BCUT2D eigenvalue weighted by Gasteiger charge is 2.27. The first kappa shape index (κ1) is 17.2. The van der Waals surface area contributed by atoms with Gasteiger partial charge in [-0.2, -0.15) is 0 Å². The van der Waals surface area contributed by atoms with Crippen molar-refractivity contribution in [2.24, 2.45) is 0 Å². The number of nitro groups is 1. The summed E-state index contributed by atoms with van der Waals surface area (Å²) in [6, 6.07) is 6.34. The molecule has 10 heteroatoms. The lowest BCUT2D eigenvalue weighted by molar-refractivity contribution is -0.389. The molecule has 0 unspecified atom stereocenters. The number of nitrogens with two attached hydrogens (primary N) is 1. The third kappa shape index (κ3) is 3.27. The second-order valence-corrected chi connectivity index (χ2v) is 5.00. The molecule has 0 saturated carbocycles. The highest BCUT2D eigenvalue weighted by Crippen LogP contribution is 2.28. The third-order valence-corrected chi connectivity index (χ3v) is 3.11. The summed E-state index contributed by atoms with van der Waals surface area (Å²) in [4.78, 5) is 24.4. The number of ether oxygens (including phenoxy) is 2. The summed E-state index contributed by atoms with van der Waals surface area (Å²) < 4.78 is 11.0. The van der Waals surface area contributed by atoms with Crippen molar-refractivity contribution >= 4 is 17.2 Å². The molecule has 2 N–H and O–H groups in total. The molecule has 2 rings (SSSR count). The molecule has 0 aliphatic heterocycles. The van der Waals surface area contributed by atoms with Crippen molar-refractivity contribution in [2.75, 3.05) is 38.6 Å². The Bertz CT molecular complexity index is 818. The number of hydrogen-bond acceptors (Lipinski definition) is 8. The van der Waals surface area contributed by atoms with Gasteiger partial charge in [0.15, 0.2) is 12.5 Å². The zero-order valence-electron chi connectivity index (χ0n) is 13.4. The summed E-state index contributed by atoms with van der Waals surface area (Å²) in [5.74, 6) is -0.0960. The second kappa shape index (κ2) is 6.96. The van der Waals surface area contributed by atoms with Gasteiger partial charge in [-0.05, 0) is 17.1 Å². The first-order valence-electron chi connectivity index (χ1n) is 6.83. The fraction of sp³-hybridized carbons (Fsp3) is 0.286. The molecule has 1 heterocycles. The van der Waals surface area contributed by atoms with Gasteiger partial charge in [0, 0.05) is 27.3 Å². The van der Waals surface area contributed by atoms with Gasteiger partial charge in [0.2, 0.25) is 0 Å². The predicted octanol–water partition coefficient (Wildman–Crippen LogP) is 0.772. The van der Waals surface area contributed by atoms with Crippen LogP contribution in [0.25, 0.3) is 5.69 Å². The summed E-state index contributed by atoms with van der Waals surface area (Å²) in [6.45, 7) is 0.0215. The molecular weight excluding hydrogens is 318 g/mol. The number of anilines is 2. The molecule has 0 saturated heterocycles. The molecule has 2 aromatic rings. The summed E-state index contributed by atoms with van der Waals surface area (Å²) >= 11 is 0. The third-order valence-electron chi connectivity index (χ3n) is 3.11. The molecule has 0 spiro atoms. The molecule has 0 atom stereocenters. The predicted molar refractivity (Wildman–Crippen MR) is 87.7 cm³/mol. The number of hydrogen-bond donors (Lipinski definition) is 1. The van der Waals surface area contributed by atoms with Crippen molar-refractivity contribution in [1.29, 1.82) is 0 Å². The van der Waals surface area contributed by atoms with Crippen LogP contribution in [0.1, 0.15) is 0 Å². The highest BCUT2D eigenvalue weighted by molar-refractivity contribution is 5.74. The van der Waals surface area contributed by atoms with E-state index < -0.39 is 16.3 Å². The van der Waals surface area contributed by atoms with Crippen molar-refractivity contribution in [3.8, 4) is 11.4 Å². The van der Waals surface area contributed by atoms with E-state index in [4.69, 9.17) is 15.2 Å². The molecule has 1 aromatic heterocycles. The Balaban J connectivity index is 2.63. The van der Waals surface area contributed by atoms with E-state index >= 15 is 0 Å². The van der Waals surface area contributed by atoms with Crippen LogP contribution in [0.4, 0.5) is 17.2 Å². The summed E-state index contributed by atoms with van der Waals surface area (Å²) in [5, 5.41) is 15.1. The van der Waals surface area contributed by atoms with Crippen LogP contribution >= 0.6 is 0 Å². The van der Waals surface area contributed by atoms with Gasteiger partial charge in [0.1, 0.15) is 11.4 Å². The Morgan fingerprint density at radius 2 is 2.12 bits per heavy atom. The van der Waals surface area contributed by atoms with Gasteiger partial charge in [-0.1, -0.05) is 10.7 Å². The summed E-state index contributed by atoms with van der Waals surface area (Å²) in [6.07, 6.45) is 0. The number of nitrogens with zero attached hydrogens (tertiary/aromatic N) is 4. The van der Waals surface area contributed by atoms with E-state index in [0.29, 0.717) is 5.75 Å². The number of nitrogen functional groups attached to an aromatic ring is 1. The average Bonchev–Trinajstić information content (AvgIpc) is 2.54. The van der Waals surface area contributed by atoms with Gasteiger partial charge in [-0.15, -0.1) is 0 Å². The Labute approximate surface area is 137 Å². The molecule has 24 heavy (non-hydrogen) atoms. The van der Waals surface area contributed by atoms with Crippen LogP contribution in [0, 0.1) is 10.1 Å². The maximum absolute atomic E-state index is 12.5. The lowest BCUT2D eigenvalue weighted by atomic mass is 10.3. The SMILES string of the molecule is COCOc1cccc(-n2nc([N+](=O)[O-])c(N(C)C)c(N)c2=O)c1. The fourth-order valence-electron chi connectivity index (χ4n) is 2.09. The van der Waals surface area contributed by atoms with E-state index in [0.717, 1.165) is 4.68 Å². The maximum atomic E-state index is 12.5. The summed E-state index contributed by atoms with van der Waals surface area (Å²) in [5.41, 5.74) is 5.14. The van der Waals surface area contributed by atoms with Gasteiger partial charge in [-0.25, -0.2) is 0 Å². The minimum atomic E-state index is -0.688. The topological polar surface area (TPSA) is 126 Å². The van der Waals surface area contributed by atoms with Crippen molar-refractivity contribution in [3.63, 3.8) is 0 Å².